The van der Waals surface area contributed by atoms with Crippen molar-refractivity contribution in [1.82, 2.24) is 5.32 Å². The summed E-state index contributed by atoms with van der Waals surface area (Å²) in [7, 11) is 0. The molecule has 1 aromatic heterocycles. The van der Waals surface area contributed by atoms with Crippen LogP contribution in [-0.2, 0) is 9.53 Å². The maximum Gasteiger partial charge on any atom is 0.331 e. The number of carbonyl (C=O) groups is 2. The van der Waals surface area contributed by atoms with E-state index in [2.05, 4.69) is 5.32 Å². The van der Waals surface area contributed by atoms with Crippen LogP contribution in [0.2, 0.25) is 0 Å². The van der Waals surface area contributed by atoms with Gasteiger partial charge in [-0.25, -0.2) is 4.79 Å². The Bertz CT molecular complexity index is 489. The van der Waals surface area contributed by atoms with Gasteiger partial charge in [-0.1, -0.05) is 19.3 Å². The van der Waals surface area contributed by atoms with Crippen LogP contribution in [0.3, 0.4) is 0 Å². The van der Waals surface area contributed by atoms with Crippen LogP contribution >= 0.6 is 11.3 Å². The molecule has 1 aliphatic carbocycles. The van der Waals surface area contributed by atoms with E-state index in [1.54, 1.807) is 6.92 Å². The van der Waals surface area contributed by atoms with Gasteiger partial charge < -0.3 is 10.1 Å². The van der Waals surface area contributed by atoms with Crippen molar-refractivity contribution in [3.63, 3.8) is 0 Å². The highest BCUT2D eigenvalue weighted by Crippen LogP contribution is 2.30. The molecule has 20 heavy (non-hydrogen) atoms. The van der Waals surface area contributed by atoms with E-state index >= 15 is 0 Å². The third-order valence-corrected chi connectivity index (χ3v) is 4.81. The highest BCUT2D eigenvalue weighted by atomic mass is 32.1. The molecule has 0 aliphatic heterocycles. The van der Waals surface area contributed by atoms with Crippen molar-refractivity contribution in [3.8, 4) is 0 Å². The first-order chi connectivity index (χ1) is 9.59. The third kappa shape index (κ3) is 3.03. The minimum Gasteiger partial charge on any atom is -0.464 e. The Hall–Kier alpha value is -1.36. The van der Waals surface area contributed by atoms with E-state index in [-0.39, 0.29) is 11.9 Å². The topological polar surface area (TPSA) is 55.4 Å². The lowest BCUT2D eigenvalue weighted by molar-refractivity contribution is -0.152. The predicted molar refractivity (Wildman–Crippen MR) is 79.0 cm³/mol. The number of thiophene rings is 1. The standard InChI is InChI=1S/C15H21NO3S/c1-3-19-14(18)15(8-5-4-6-9-15)16-13(17)12-11(2)7-10-20-12/h7,10H,3-6,8-9H2,1-2H3,(H,16,17). The molecule has 0 bridgehead atoms. The predicted octanol–water partition coefficient (Wildman–Crippen LogP) is 3.05. The molecule has 0 unspecified atom stereocenters. The highest BCUT2D eigenvalue weighted by molar-refractivity contribution is 7.12. The second kappa shape index (κ2) is 6.39. The zero-order chi connectivity index (χ0) is 14.6. The number of hydrogen-bond acceptors (Lipinski definition) is 4. The molecule has 0 aromatic carbocycles. The van der Waals surface area contributed by atoms with E-state index in [0.29, 0.717) is 24.3 Å². The molecule has 1 aliphatic rings. The lowest BCUT2D eigenvalue weighted by Crippen LogP contribution is -2.56. The highest BCUT2D eigenvalue weighted by Gasteiger charge is 2.42. The number of nitrogens with one attached hydrogen (secondary N) is 1. The fourth-order valence-corrected chi connectivity index (χ4v) is 3.50. The third-order valence-electron chi connectivity index (χ3n) is 3.79. The molecule has 1 aromatic rings. The molecule has 1 heterocycles. The average Bonchev–Trinajstić information content (AvgIpc) is 2.86. The fraction of sp³-hybridized carbons (Fsp3) is 0.600. The Morgan fingerprint density at radius 1 is 1.35 bits per heavy atom. The summed E-state index contributed by atoms with van der Waals surface area (Å²) in [5.74, 6) is -0.449. The number of esters is 1. The van der Waals surface area contributed by atoms with E-state index in [9.17, 15) is 9.59 Å². The molecule has 4 nitrogen and oxygen atoms in total. The van der Waals surface area contributed by atoms with Crippen molar-refractivity contribution in [1.29, 1.82) is 0 Å². The quantitative estimate of drug-likeness (QED) is 0.869. The molecule has 1 N–H and O–H groups in total. The van der Waals surface area contributed by atoms with Crippen molar-refractivity contribution in [3.05, 3.63) is 21.9 Å². The summed E-state index contributed by atoms with van der Waals surface area (Å²) in [5, 5.41) is 4.85. The maximum absolute atomic E-state index is 12.4. The van der Waals surface area contributed by atoms with E-state index in [1.165, 1.54) is 11.3 Å². The summed E-state index contributed by atoms with van der Waals surface area (Å²) in [5.41, 5.74) is 0.115. The molecule has 2 rings (SSSR count). The second-order valence-corrected chi connectivity index (χ2v) is 6.17. The molecule has 0 radical (unpaired) electrons. The minimum absolute atomic E-state index is 0.160. The number of aryl methyl sites for hydroxylation is 1. The number of carbonyl (C=O) groups excluding carboxylic acids is 2. The van der Waals surface area contributed by atoms with Crippen LogP contribution in [0.5, 0.6) is 0 Å². The normalized spacial score (nSPS) is 17.5. The Labute approximate surface area is 123 Å². The number of ether oxygens (including phenoxy) is 1. The Morgan fingerprint density at radius 2 is 2.05 bits per heavy atom. The average molecular weight is 295 g/mol. The van der Waals surface area contributed by atoms with Gasteiger partial charge in [-0.05, 0) is 43.7 Å². The Morgan fingerprint density at radius 3 is 2.60 bits per heavy atom. The smallest absolute Gasteiger partial charge is 0.331 e. The molecule has 0 saturated heterocycles. The van der Waals surface area contributed by atoms with E-state index in [4.69, 9.17) is 4.74 Å². The van der Waals surface area contributed by atoms with Crippen molar-refractivity contribution in [2.45, 2.75) is 51.5 Å². The van der Waals surface area contributed by atoms with Gasteiger partial charge in [-0.15, -0.1) is 11.3 Å². The monoisotopic (exact) mass is 295 g/mol. The van der Waals surface area contributed by atoms with E-state index in [0.717, 1.165) is 24.8 Å². The molecule has 5 heteroatoms. The summed E-state index contributed by atoms with van der Waals surface area (Å²) in [6.45, 7) is 4.04. The van der Waals surface area contributed by atoms with E-state index < -0.39 is 5.54 Å². The minimum atomic E-state index is -0.832. The molecule has 1 saturated carbocycles. The summed E-state index contributed by atoms with van der Waals surface area (Å²) in [6.07, 6.45) is 4.34. The lowest BCUT2D eigenvalue weighted by atomic mass is 9.81. The molecule has 1 amide bonds. The molecule has 110 valence electrons. The largest absolute Gasteiger partial charge is 0.464 e. The summed E-state index contributed by atoms with van der Waals surface area (Å²) >= 11 is 1.41. The van der Waals surface area contributed by atoms with Crippen LogP contribution < -0.4 is 5.32 Å². The number of amides is 1. The molecule has 0 spiro atoms. The SMILES string of the molecule is CCOC(=O)C1(NC(=O)c2sccc2C)CCCCC1. The zero-order valence-corrected chi connectivity index (χ0v) is 12.8. The van der Waals surface area contributed by atoms with Gasteiger partial charge in [0.15, 0.2) is 0 Å². The molecular weight excluding hydrogens is 274 g/mol. The van der Waals surface area contributed by atoms with Gasteiger partial charge in [-0.3, -0.25) is 4.79 Å². The van der Waals surface area contributed by atoms with Gasteiger partial charge in [0, 0.05) is 0 Å². The van der Waals surface area contributed by atoms with Gasteiger partial charge in [0.05, 0.1) is 11.5 Å². The van der Waals surface area contributed by atoms with Gasteiger partial charge in [0.25, 0.3) is 5.91 Å². The van der Waals surface area contributed by atoms with E-state index in [1.807, 2.05) is 18.4 Å². The number of rotatable bonds is 4. The molecule has 1 fully saturated rings. The fourth-order valence-electron chi connectivity index (χ4n) is 2.68. The Balaban J connectivity index is 2.17. The van der Waals surface area contributed by atoms with Crippen molar-refractivity contribution >= 4 is 23.2 Å². The van der Waals surface area contributed by atoms with Gasteiger partial charge in [-0.2, -0.15) is 0 Å². The first-order valence-corrected chi connectivity index (χ1v) is 8.01. The van der Waals surface area contributed by atoms with Crippen molar-refractivity contribution in [2.24, 2.45) is 0 Å². The summed E-state index contributed by atoms with van der Waals surface area (Å²) < 4.78 is 5.18. The van der Waals surface area contributed by atoms with Crippen LogP contribution in [0.15, 0.2) is 11.4 Å². The Kier molecular flexibility index (Phi) is 4.81. The van der Waals surface area contributed by atoms with Crippen LogP contribution in [-0.4, -0.2) is 24.0 Å². The maximum atomic E-state index is 12.4. The van der Waals surface area contributed by atoms with Crippen molar-refractivity contribution < 1.29 is 14.3 Å². The number of hydrogen-bond donors (Lipinski definition) is 1. The van der Waals surface area contributed by atoms with Crippen LogP contribution in [0.4, 0.5) is 0 Å². The van der Waals surface area contributed by atoms with Gasteiger partial charge >= 0.3 is 5.97 Å². The van der Waals surface area contributed by atoms with Gasteiger partial charge in [0.1, 0.15) is 5.54 Å². The lowest BCUT2D eigenvalue weighted by Gasteiger charge is -2.35. The zero-order valence-electron chi connectivity index (χ0n) is 12.0. The summed E-state index contributed by atoms with van der Waals surface area (Å²) in [6, 6.07) is 1.91. The van der Waals surface area contributed by atoms with Crippen molar-refractivity contribution in [2.75, 3.05) is 6.61 Å². The van der Waals surface area contributed by atoms with Crippen LogP contribution in [0.1, 0.15) is 54.3 Å². The van der Waals surface area contributed by atoms with Gasteiger partial charge in [0.2, 0.25) is 0 Å². The molecular formula is C15H21NO3S. The first kappa shape index (κ1) is 15.0. The molecule has 0 atom stereocenters. The second-order valence-electron chi connectivity index (χ2n) is 5.25. The summed E-state index contributed by atoms with van der Waals surface area (Å²) in [4.78, 5) is 25.4. The van der Waals surface area contributed by atoms with Crippen LogP contribution in [0, 0.1) is 6.92 Å². The van der Waals surface area contributed by atoms with Crippen LogP contribution in [0.25, 0.3) is 0 Å². The first-order valence-electron chi connectivity index (χ1n) is 7.13.